The molecule has 0 saturated heterocycles. The van der Waals surface area contributed by atoms with Gasteiger partial charge >= 0.3 is 0 Å². The van der Waals surface area contributed by atoms with Crippen molar-refractivity contribution in [2.75, 3.05) is 24.3 Å². The van der Waals surface area contributed by atoms with Crippen LogP contribution in [0.1, 0.15) is 6.42 Å². The average molecular weight is 231 g/mol. The Bertz CT molecular complexity index is 417. The van der Waals surface area contributed by atoms with E-state index in [1.165, 1.54) is 0 Å². The maximum atomic E-state index is 11.6. The molecular weight excluding hydrogens is 214 g/mol. The molecule has 1 unspecified atom stereocenters. The van der Waals surface area contributed by atoms with Gasteiger partial charge in [-0.05, 0) is 24.3 Å². The molecule has 4 nitrogen and oxygen atoms in total. The maximum Gasteiger partial charge on any atom is 0.242 e. The lowest BCUT2D eigenvalue weighted by Gasteiger charge is -2.14. The SMILES string of the molecule is C#CCC(N)C(=O)Nc1ccc(N(C)C)cc1. The largest absolute Gasteiger partial charge is 0.378 e. The zero-order chi connectivity index (χ0) is 12.8. The van der Waals surface area contributed by atoms with E-state index in [0.29, 0.717) is 5.69 Å². The summed E-state index contributed by atoms with van der Waals surface area (Å²) in [7, 11) is 3.91. The molecule has 0 saturated carbocycles. The van der Waals surface area contributed by atoms with E-state index in [0.717, 1.165) is 5.69 Å². The minimum absolute atomic E-state index is 0.238. The quantitative estimate of drug-likeness (QED) is 0.761. The number of rotatable bonds is 4. The summed E-state index contributed by atoms with van der Waals surface area (Å²) in [4.78, 5) is 13.6. The first-order valence-corrected chi connectivity index (χ1v) is 5.32. The Kier molecular flexibility index (Phi) is 4.56. The van der Waals surface area contributed by atoms with E-state index in [2.05, 4.69) is 11.2 Å². The molecule has 0 fully saturated rings. The third-order valence-corrected chi connectivity index (χ3v) is 2.33. The summed E-state index contributed by atoms with van der Waals surface area (Å²) in [6.45, 7) is 0. The summed E-state index contributed by atoms with van der Waals surface area (Å²) < 4.78 is 0. The van der Waals surface area contributed by atoms with Crippen LogP contribution >= 0.6 is 0 Å². The molecule has 0 bridgehead atoms. The maximum absolute atomic E-state index is 11.6. The van der Waals surface area contributed by atoms with E-state index in [1.54, 1.807) is 0 Å². The number of nitrogens with zero attached hydrogens (tertiary/aromatic N) is 1. The molecular formula is C13H17N3O. The number of anilines is 2. The fraction of sp³-hybridized carbons (Fsp3) is 0.308. The van der Waals surface area contributed by atoms with Crippen molar-refractivity contribution in [3.8, 4) is 12.3 Å². The molecule has 1 aromatic rings. The second kappa shape index (κ2) is 5.92. The Balaban J connectivity index is 2.64. The van der Waals surface area contributed by atoms with Crippen molar-refractivity contribution in [1.82, 2.24) is 0 Å². The van der Waals surface area contributed by atoms with E-state index < -0.39 is 6.04 Å². The molecule has 1 atom stereocenters. The lowest BCUT2D eigenvalue weighted by atomic mass is 10.2. The predicted octanol–water partition coefficient (Wildman–Crippen LogP) is 1.04. The average Bonchev–Trinajstić information content (AvgIpc) is 2.30. The Morgan fingerprint density at radius 1 is 1.47 bits per heavy atom. The molecule has 4 heteroatoms. The van der Waals surface area contributed by atoms with Gasteiger partial charge in [0.15, 0.2) is 0 Å². The molecule has 0 aliphatic heterocycles. The Labute approximate surface area is 102 Å². The van der Waals surface area contributed by atoms with E-state index in [1.807, 2.05) is 43.3 Å². The molecule has 0 aromatic heterocycles. The van der Waals surface area contributed by atoms with Crippen molar-refractivity contribution in [2.24, 2.45) is 5.73 Å². The molecule has 0 aliphatic carbocycles. The third kappa shape index (κ3) is 3.82. The van der Waals surface area contributed by atoms with E-state index in [4.69, 9.17) is 12.2 Å². The monoisotopic (exact) mass is 231 g/mol. The van der Waals surface area contributed by atoms with Gasteiger partial charge in [-0.3, -0.25) is 4.79 Å². The number of amides is 1. The molecule has 1 rings (SSSR count). The highest BCUT2D eigenvalue weighted by molar-refractivity contribution is 5.94. The highest BCUT2D eigenvalue weighted by atomic mass is 16.2. The van der Waals surface area contributed by atoms with Gasteiger partial charge in [0, 0.05) is 31.9 Å². The van der Waals surface area contributed by atoms with E-state index >= 15 is 0 Å². The van der Waals surface area contributed by atoms with Crippen LogP contribution in [0.4, 0.5) is 11.4 Å². The molecule has 1 aromatic carbocycles. The molecule has 17 heavy (non-hydrogen) atoms. The van der Waals surface area contributed by atoms with Gasteiger partial charge in [-0.15, -0.1) is 12.3 Å². The lowest BCUT2D eigenvalue weighted by Crippen LogP contribution is -2.35. The van der Waals surface area contributed by atoms with Crippen molar-refractivity contribution >= 4 is 17.3 Å². The van der Waals surface area contributed by atoms with Crippen LogP contribution in [0.15, 0.2) is 24.3 Å². The normalized spacial score (nSPS) is 11.4. The van der Waals surface area contributed by atoms with Crippen molar-refractivity contribution < 1.29 is 4.79 Å². The van der Waals surface area contributed by atoms with Crippen LogP contribution in [-0.4, -0.2) is 26.0 Å². The summed E-state index contributed by atoms with van der Waals surface area (Å²) in [5, 5.41) is 2.71. The number of benzene rings is 1. The van der Waals surface area contributed by atoms with Crippen LogP contribution in [0.25, 0.3) is 0 Å². The van der Waals surface area contributed by atoms with Crippen LogP contribution in [0.3, 0.4) is 0 Å². The fourth-order valence-corrected chi connectivity index (χ4v) is 1.30. The second-order valence-corrected chi connectivity index (χ2v) is 3.95. The van der Waals surface area contributed by atoms with Crippen molar-refractivity contribution in [1.29, 1.82) is 0 Å². The first-order chi connectivity index (χ1) is 8.04. The van der Waals surface area contributed by atoms with E-state index in [-0.39, 0.29) is 12.3 Å². The number of terminal acetylenes is 1. The van der Waals surface area contributed by atoms with Gasteiger partial charge in [0.2, 0.25) is 5.91 Å². The van der Waals surface area contributed by atoms with Gasteiger partial charge in [0.1, 0.15) is 0 Å². The zero-order valence-corrected chi connectivity index (χ0v) is 10.1. The van der Waals surface area contributed by atoms with E-state index in [9.17, 15) is 4.79 Å². The van der Waals surface area contributed by atoms with Gasteiger partial charge in [-0.1, -0.05) is 0 Å². The highest BCUT2D eigenvalue weighted by Gasteiger charge is 2.11. The molecule has 90 valence electrons. The Hall–Kier alpha value is -1.99. The lowest BCUT2D eigenvalue weighted by molar-refractivity contribution is -0.117. The summed E-state index contributed by atoms with van der Waals surface area (Å²) in [6, 6.07) is 6.84. The Morgan fingerprint density at radius 2 is 2.06 bits per heavy atom. The topological polar surface area (TPSA) is 58.4 Å². The first kappa shape index (κ1) is 13.1. The van der Waals surface area contributed by atoms with Crippen LogP contribution in [-0.2, 0) is 4.79 Å². The van der Waals surface area contributed by atoms with Gasteiger partial charge in [-0.25, -0.2) is 0 Å². The van der Waals surface area contributed by atoms with Gasteiger partial charge in [0.25, 0.3) is 0 Å². The fourth-order valence-electron chi connectivity index (χ4n) is 1.30. The number of carbonyl (C=O) groups excluding carboxylic acids is 1. The van der Waals surface area contributed by atoms with Crippen molar-refractivity contribution in [3.05, 3.63) is 24.3 Å². The first-order valence-electron chi connectivity index (χ1n) is 5.32. The van der Waals surface area contributed by atoms with Gasteiger partial charge in [-0.2, -0.15) is 0 Å². The zero-order valence-electron chi connectivity index (χ0n) is 10.1. The second-order valence-electron chi connectivity index (χ2n) is 3.95. The highest BCUT2D eigenvalue weighted by Crippen LogP contribution is 2.15. The molecule has 3 N–H and O–H groups in total. The summed E-state index contributed by atoms with van der Waals surface area (Å²) in [5.74, 6) is 2.10. The minimum Gasteiger partial charge on any atom is -0.378 e. The number of hydrogen-bond donors (Lipinski definition) is 2. The molecule has 0 heterocycles. The number of hydrogen-bond acceptors (Lipinski definition) is 3. The number of nitrogens with two attached hydrogens (primary N) is 1. The molecule has 0 aliphatic rings. The third-order valence-electron chi connectivity index (χ3n) is 2.33. The van der Waals surface area contributed by atoms with Gasteiger partial charge < -0.3 is 16.0 Å². The van der Waals surface area contributed by atoms with Crippen LogP contribution < -0.4 is 16.0 Å². The summed E-state index contributed by atoms with van der Waals surface area (Å²) in [5.41, 5.74) is 7.37. The predicted molar refractivity (Wildman–Crippen MR) is 70.8 cm³/mol. The number of nitrogens with one attached hydrogen (secondary N) is 1. The Morgan fingerprint density at radius 3 is 2.53 bits per heavy atom. The smallest absolute Gasteiger partial charge is 0.242 e. The molecule has 1 amide bonds. The van der Waals surface area contributed by atoms with Crippen LogP contribution in [0.2, 0.25) is 0 Å². The molecule has 0 spiro atoms. The van der Waals surface area contributed by atoms with Gasteiger partial charge in [0.05, 0.1) is 6.04 Å². The van der Waals surface area contributed by atoms with Crippen molar-refractivity contribution in [3.63, 3.8) is 0 Å². The number of carbonyl (C=O) groups is 1. The summed E-state index contributed by atoms with van der Waals surface area (Å²) in [6.07, 6.45) is 5.34. The van der Waals surface area contributed by atoms with Crippen LogP contribution in [0, 0.1) is 12.3 Å². The minimum atomic E-state index is -0.659. The standard InChI is InChI=1S/C13H17N3O/c1-4-5-12(14)13(17)15-10-6-8-11(9-7-10)16(2)3/h1,6-9,12H,5,14H2,2-3H3,(H,15,17). The summed E-state index contributed by atoms with van der Waals surface area (Å²) >= 11 is 0. The molecule has 0 radical (unpaired) electrons. The van der Waals surface area contributed by atoms with Crippen LogP contribution in [0.5, 0.6) is 0 Å². The van der Waals surface area contributed by atoms with Crippen molar-refractivity contribution in [2.45, 2.75) is 12.5 Å².